The second kappa shape index (κ2) is 5.75. The van der Waals surface area contributed by atoms with Crippen LogP contribution in [0, 0.1) is 0 Å². The van der Waals surface area contributed by atoms with Crippen LogP contribution in [0.3, 0.4) is 0 Å². The molecule has 0 atom stereocenters. The molecule has 0 saturated carbocycles. The summed E-state index contributed by atoms with van der Waals surface area (Å²) < 4.78 is 10.8. The highest BCUT2D eigenvalue weighted by atomic mass is 35.5. The smallest absolute Gasteiger partial charge is 0.225 e. The first-order valence-electron chi connectivity index (χ1n) is 5.78. The van der Waals surface area contributed by atoms with Crippen molar-refractivity contribution in [3.8, 4) is 11.5 Å². The number of ether oxygens (including phenoxy) is 1. The molecule has 2 heterocycles. The highest BCUT2D eigenvalue weighted by Crippen LogP contribution is 2.33. The fourth-order valence-electron chi connectivity index (χ4n) is 1.72. The summed E-state index contributed by atoms with van der Waals surface area (Å²) in [7, 11) is 1.74. The van der Waals surface area contributed by atoms with Crippen LogP contribution in [0.4, 0.5) is 5.82 Å². The topological polar surface area (TPSA) is 60.2 Å². The van der Waals surface area contributed by atoms with Gasteiger partial charge in [-0.3, -0.25) is 0 Å². The van der Waals surface area contributed by atoms with E-state index in [1.165, 1.54) is 0 Å². The lowest BCUT2D eigenvalue weighted by atomic mass is 10.1. The van der Waals surface area contributed by atoms with Gasteiger partial charge in [-0.2, -0.15) is 0 Å². The van der Waals surface area contributed by atoms with Gasteiger partial charge in [0.1, 0.15) is 17.3 Å². The summed E-state index contributed by atoms with van der Waals surface area (Å²) in [5.41, 5.74) is 1.19. The van der Waals surface area contributed by atoms with E-state index in [-0.39, 0.29) is 5.28 Å². The molecule has 0 bridgehead atoms. The molecule has 0 saturated heterocycles. The largest absolute Gasteiger partial charge is 0.494 e. The third kappa shape index (κ3) is 2.71. The number of hydrogen-bond acceptors (Lipinski definition) is 5. The zero-order valence-electron chi connectivity index (χ0n) is 10.7. The van der Waals surface area contributed by atoms with E-state index < -0.39 is 0 Å². The molecule has 0 amide bonds. The zero-order valence-corrected chi connectivity index (χ0v) is 11.5. The van der Waals surface area contributed by atoms with Crippen LogP contribution in [0.5, 0.6) is 0 Å². The molecule has 100 valence electrons. The molecule has 0 aliphatic rings. The van der Waals surface area contributed by atoms with Gasteiger partial charge in [0, 0.05) is 7.05 Å². The summed E-state index contributed by atoms with van der Waals surface area (Å²) in [4.78, 5) is 8.33. The maximum atomic E-state index is 5.93. The maximum absolute atomic E-state index is 5.93. The molecule has 0 unspecified atom stereocenters. The second-order valence-electron chi connectivity index (χ2n) is 3.65. The van der Waals surface area contributed by atoms with Crippen molar-refractivity contribution in [2.24, 2.45) is 0 Å². The van der Waals surface area contributed by atoms with Crippen molar-refractivity contribution < 1.29 is 9.15 Å². The minimum Gasteiger partial charge on any atom is -0.494 e. The van der Waals surface area contributed by atoms with Crippen LogP contribution in [0.2, 0.25) is 5.28 Å². The third-order valence-corrected chi connectivity index (χ3v) is 2.64. The number of aromatic nitrogens is 2. The van der Waals surface area contributed by atoms with Gasteiger partial charge in [0.15, 0.2) is 5.76 Å². The summed E-state index contributed by atoms with van der Waals surface area (Å²) in [5.74, 6) is 1.59. The molecule has 5 nitrogen and oxygen atoms in total. The average molecular weight is 280 g/mol. The highest BCUT2D eigenvalue weighted by molar-refractivity contribution is 6.28. The van der Waals surface area contributed by atoms with E-state index in [1.807, 2.05) is 6.92 Å². The van der Waals surface area contributed by atoms with Gasteiger partial charge in [-0.25, -0.2) is 9.97 Å². The van der Waals surface area contributed by atoms with Crippen LogP contribution < -0.4 is 5.32 Å². The molecule has 2 aromatic heterocycles. The first-order valence-corrected chi connectivity index (χ1v) is 6.16. The molecule has 0 aliphatic carbocycles. The lowest BCUT2D eigenvalue weighted by Crippen LogP contribution is -2.05. The summed E-state index contributed by atoms with van der Waals surface area (Å²) in [5, 5.41) is 3.09. The van der Waals surface area contributed by atoms with E-state index in [1.54, 1.807) is 25.4 Å². The van der Waals surface area contributed by atoms with Crippen molar-refractivity contribution in [1.82, 2.24) is 9.97 Å². The number of rotatable bonds is 5. The third-order valence-electron chi connectivity index (χ3n) is 2.47. The fourth-order valence-corrected chi connectivity index (χ4v) is 1.89. The van der Waals surface area contributed by atoms with Crippen LogP contribution in [0.1, 0.15) is 12.5 Å². The molecule has 0 spiro atoms. The Morgan fingerprint density at radius 1 is 1.53 bits per heavy atom. The molecule has 2 rings (SSSR count). The van der Waals surface area contributed by atoms with E-state index in [9.17, 15) is 0 Å². The number of furan rings is 1. The van der Waals surface area contributed by atoms with Gasteiger partial charge in [0.2, 0.25) is 5.28 Å². The van der Waals surface area contributed by atoms with Crippen molar-refractivity contribution in [1.29, 1.82) is 0 Å². The first kappa shape index (κ1) is 13.4. The molecule has 0 aromatic carbocycles. The molecule has 6 heteroatoms. The summed E-state index contributed by atoms with van der Waals surface area (Å²) in [6.07, 6.45) is 1.57. The minimum absolute atomic E-state index is 0.129. The van der Waals surface area contributed by atoms with Gasteiger partial charge < -0.3 is 14.5 Å². The lowest BCUT2D eigenvalue weighted by Gasteiger charge is -2.14. The minimum atomic E-state index is 0.129. The lowest BCUT2D eigenvalue weighted by molar-refractivity contribution is 0.299. The molecule has 19 heavy (non-hydrogen) atoms. The van der Waals surface area contributed by atoms with Gasteiger partial charge in [-0.1, -0.05) is 6.58 Å². The molecule has 0 radical (unpaired) electrons. The van der Waals surface area contributed by atoms with Gasteiger partial charge in [0.25, 0.3) is 0 Å². The van der Waals surface area contributed by atoms with Crippen LogP contribution in [-0.2, 0) is 4.74 Å². The van der Waals surface area contributed by atoms with E-state index in [0.717, 1.165) is 0 Å². The Balaban J connectivity index is 2.63. The van der Waals surface area contributed by atoms with Crippen molar-refractivity contribution in [3.63, 3.8) is 0 Å². The van der Waals surface area contributed by atoms with E-state index in [2.05, 4.69) is 21.9 Å². The van der Waals surface area contributed by atoms with Gasteiger partial charge in [-0.05, 0) is 30.7 Å². The van der Waals surface area contributed by atoms with Crippen molar-refractivity contribution in [3.05, 3.63) is 35.8 Å². The van der Waals surface area contributed by atoms with Crippen molar-refractivity contribution in [2.45, 2.75) is 6.92 Å². The Bertz CT molecular complexity index is 582. The predicted octanol–water partition coefficient (Wildman–Crippen LogP) is 3.44. The SMILES string of the molecule is C=C(OCC)c1c(NC)nc(Cl)nc1-c1ccco1. The maximum Gasteiger partial charge on any atom is 0.225 e. The second-order valence-corrected chi connectivity index (χ2v) is 3.99. The Morgan fingerprint density at radius 2 is 2.32 bits per heavy atom. The average Bonchev–Trinajstić information content (AvgIpc) is 2.91. The quantitative estimate of drug-likeness (QED) is 0.671. The van der Waals surface area contributed by atoms with Crippen molar-refractivity contribution in [2.75, 3.05) is 19.0 Å². The van der Waals surface area contributed by atoms with E-state index in [0.29, 0.717) is 35.2 Å². The number of nitrogens with one attached hydrogen (secondary N) is 1. The number of nitrogens with zero attached hydrogens (tertiary/aromatic N) is 2. The van der Waals surface area contributed by atoms with Gasteiger partial charge >= 0.3 is 0 Å². The molecule has 0 aliphatic heterocycles. The van der Waals surface area contributed by atoms with Crippen LogP contribution >= 0.6 is 11.6 Å². The van der Waals surface area contributed by atoms with E-state index >= 15 is 0 Å². The molecule has 2 aromatic rings. The molecular weight excluding hydrogens is 266 g/mol. The highest BCUT2D eigenvalue weighted by Gasteiger charge is 2.19. The standard InChI is InChI=1S/C13H14ClN3O2/c1-4-18-8(2)10-11(9-6-5-7-19-9)16-13(14)17-12(10)15-3/h5-7H,2,4H2,1,3H3,(H,15,16,17). The Hall–Kier alpha value is -2.01. The van der Waals surface area contributed by atoms with Gasteiger partial charge in [0.05, 0.1) is 18.4 Å². The Morgan fingerprint density at radius 3 is 2.89 bits per heavy atom. The van der Waals surface area contributed by atoms with Crippen LogP contribution in [0.15, 0.2) is 29.4 Å². The Kier molecular flexibility index (Phi) is 4.06. The summed E-state index contributed by atoms with van der Waals surface area (Å²) in [6.45, 7) is 6.28. The van der Waals surface area contributed by atoms with Crippen LogP contribution in [0.25, 0.3) is 17.2 Å². The van der Waals surface area contributed by atoms with Crippen molar-refractivity contribution >= 4 is 23.2 Å². The van der Waals surface area contributed by atoms with Crippen LogP contribution in [-0.4, -0.2) is 23.6 Å². The number of halogens is 1. The number of hydrogen-bond donors (Lipinski definition) is 1. The van der Waals surface area contributed by atoms with E-state index in [4.69, 9.17) is 20.8 Å². The first-order chi connectivity index (χ1) is 9.17. The number of anilines is 1. The fraction of sp³-hybridized carbons (Fsp3) is 0.231. The molecular formula is C13H14ClN3O2. The normalized spacial score (nSPS) is 10.3. The monoisotopic (exact) mass is 279 g/mol. The Labute approximate surface area is 116 Å². The van der Waals surface area contributed by atoms with Gasteiger partial charge in [-0.15, -0.1) is 0 Å². The summed E-state index contributed by atoms with van der Waals surface area (Å²) >= 11 is 5.93. The zero-order chi connectivity index (χ0) is 13.8. The molecule has 0 fully saturated rings. The summed E-state index contributed by atoms with van der Waals surface area (Å²) in [6, 6.07) is 3.57. The molecule has 1 N–H and O–H groups in total. The predicted molar refractivity (Wildman–Crippen MR) is 75.0 cm³/mol.